The van der Waals surface area contributed by atoms with Crippen molar-refractivity contribution in [3.8, 4) is 0 Å². The third kappa shape index (κ3) is 5.13. The van der Waals surface area contributed by atoms with Gasteiger partial charge < -0.3 is 4.79 Å². The molecule has 0 spiro atoms. The van der Waals surface area contributed by atoms with Crippen LogP contribution in [0.3, 0.4) is 0 Å². The number of carbonyl (C=O) groups excluding carboxylic acids is 1. The Morgan fingerprint density at radius 1 is 0.622 bits per heavy atom. The zero-order valence-corrected chi connectivity index (χ0v) is 23.2. The minimum Gasteiger partial charge on any atom is -0.303 e. The van der Waals surface area contributed by atoms with Crippen molar-refractivity contribution in [2.75, 3.05) is 0 Å². The Morgan fingerprint density at radius 3 is 1.80 bits per heavy atom. The van der Waals surface area contributed by atoms with E-state index in [1.54, 1.807) is 49.1 Å². The van der Waals surface area contributed by atoms with Gasteiger partial charge in [-0.15, -0.1) is 20.4 Å². The van der Waals surface area contributed by atoms with Crippen LogP contribution in [-0.4, -0.2) is 29.1 Å². The van der Waals surface area contributed by atoms with E-state index in [2.05, 4.69) is 83.9 Å². The highest BCUT2D eigenvalue weighted by atomic mass is 16.1. The molecule has 2 unspecified atom stereocenters. The molecule has 0 amide bonds. The van der Waals surface area contributed by atoms with E-state index in [-0.39, 0.29) is 0 Å². The molecule has 0 saturated heterocycles. The van der Waals surface area contributed by atoms with Crippen LogP contribution in [0.2, 0.25) is 0 Å². The molecule has 17 heteroatoms. The molecule has 17 nitrogen and oxygen atoms in total. The molecule has 0 fully saturated rings. The average Bonchev–Trinajstić information content (AvgIpc) is 3.72. The number of allylic oxidation sites excluding steroid dienone is 6. The molecule has 2 atom stereocenters. The van der Waals surface area contributed by atoms with E-state index in [0.29, 0.717) is 57.1 Å². The zero-order valence-electron chi connectivity index (χ0n) is 23.2. The summed E-state index contributed by atoms with van der Waals surface area (Å²) in [6.07, 6.45) is 16.9. The number of benzene rings is 2. The first-order valence-corrected chi connectivity index (χ1v) is 13.7. The van der Waals surface area contributed by atoms with Crippen LogP contribution in [0.15, 0.2) is 142 Å². The maximum absolute atomic E-state index is 13.5. The number of rotatable bonds is 5. The largest absolute Gasteiger partial charge is 0.303 e. The van der Waals surface area contributed by atoms with Gasteiger partial charge in [-0.3, -0.25) is 21.7 Å². The highest BCUT2D eigenvalue weighted by Crippen LogP contribution is 2.46. The molecule has 5 aliphatic rings. The van der Waals surface area contributed by atoms with Crippen LogP contribution in [0.5, 0.6) is 0 Å². The SMILES string of the molecule is O=CC1c2c(c(C3=NN=NNC=C3)c3ccccc3c2C2=NN=NNC=C2)C(C2=NN=NNC=C2)=CCC1C1=NN=NNC=C1. The van der Waals surface area contributed by atoms with Gasteiger partial charge in [-0.2, -0.15) is 0 Å². The molecule has 0 radical (unpaired) electrons. The first-order valence-electron chi connectivity index (χ1n) is 13.7. The number of nitrogens with zero attached hydrogens (tertiary/aromatic N) is 12. The summed E-state index contributed by atoms with van der Waals surface area (Å²) in [5.41, 5.74) is 16.3. The van der Waals surface area contributed by atoms with Crippen molar-refractivity contribution >= 4 is 45.5 Å². The van der Waals surface area contributed by atoms with Crippen LogP contribution in [0.4, 0.5) is 0 Å². The van der Waals surface area contributed by atoms with Crippen LogP contribution in [0, 0.1) is 5.92 Å². The minimum atomic E-state index is -0.765. The lowest BCUT2D eigenvalue weighted by atomic mass is 9.74. The molecule has 0 aromatic heterocycles. The van der Waals surface area contributed by atoms with E-state index in [4.69, 9.17) is 0 Å². The number of fused-ring (bicyclic) bond motifs is 2. The van der Waals surface area contributed by atoms with Gasteiger partial charge in [0.2, 0.25) is 0 Å². The van der Waals surface area contributed by atoms with Crippen molar-refractivity contribution in [1.29, 1.82) is 0 Å². The second kappa shape index (κ2) is 12.3. The van der Waals surface area contributed by atoms with Crippen LogP contribution in [0.1, 0.15) is 34.6 Å². The molecule has 2 aromatic rings. The third-order valence-corrected chi connectivity index (χ3v) is 7.48. The Labute approximate surface area is 254 Å². The molecular weight excluding hydrogens is 576 g/mol. The Kier molecular flexibility index (Phi) is 7.43. The second-order valence-corrected chi connectivity index (χ2v) is 9.79. The highest BCUT2D eigenvalue weighted by Gasteiger charge is 2.38. The summed E-state index contributed by atoms with van der Waals surface area (Å²) in [5, 5.41) is 50.3. The van der Waals surface area contributed by atoms with Gasteiger partial charge in [0.15, 0.2) is 0 Å². The quantitative estimate of drug-likeness (QED) is 0.363. The van der Waals surface area contributed by atoms with Gasteiger partial charge in [-0.25, -0.2) is 0 Å². The van der Waals surface area contributed by atoms with Gasteiger partial charge in [0.05, 0.1) is 22.8 Å². The topological polar surface area (TPSA) is 214 Å². The van der Waals surface area contributed by atoms with Crippen molar-refractivity contribution in [1.82, 2.24) is 21.7 Å². The summed E-state index contributed by atoms with van der Waals surface area (Å²) in [6, 6.07) is 7.80. The summed E-state index contributed by atoms with van der Waals surface area (Å²) in [6.45, 7) is 0. The van der Waals surface area contributed by atoms with E-state index in [1.807, 2.05) is 30.3 Å². The Bertz CT molecular complexity index is 1970. The number of hydrogen-bond donors (Lipinski definition) is 4. The van der Waals surface area contributed by atoms with Crippen LogP contribution in [0.25, 0.3) is 16.3 Å². The molecule has 4 N–H and O–H groups in total. The first kappa shape index (κ1) is 27.2. The number of carbonyl (C=O) groups is 1. The predicted octanol–water partition coefficient (Wildman–Crippen LogP) is 4.58. The molecule has 220 valence electrons. The summed E-state index contributed by atoms with van der Waals surface area (Å²) in [7, 11) is 0. The van der Waals surface area contributed by atoms with Gasteiger partial charge in [0.25, 0.3) is 0 Å². The number of hydrogen-bond acceptors (Lipinski definition) is 17. The van der Waals surface area contributed by atoms with Crippen molar-refractivity contribution in [2.45, 2.75) is 12.3 Å². The van der Waals surface area contributed by atoms with Crippen LogP contribution < -0.4 is 21.7 Å². The lowest BCUT2D eigenvalue weighted by Crippen LogP contribution is -2.25. The third-order valence-electron chi connectivity index (χ3n) is 7.48. The maximum Gasteiger partial charge on any atom is 0.128 e. The summed E-state index contributed by atoms with van der Waals surface area (Å²) in [4.78, 5) is 13.5. The fourth-order valence-electron chi connectivity index (χ4n) is 5.74. The molecule has 1 aliphatic carbocycles. The lowest BCUT2D eigenvalue weighted by molar-refractivity contribution is -0.109. The second-order valence-electron chi connectivity index (χ2n) is 9.79. The van der Waals surface area contributed by atoms with Crippen molar-refractivity contribution < 1.29 is 4.79 Å². The summed E-state index contributed by atoms with van der Waals surface area (Å²) in [5.74, 6) is -1.24. The van der Waals surface area contributed by atoms with E-state index in [9.17, 15) is 4.79 Å². The molecule has 4 heterocycles. The average molecular weight is 599 g/mol. The van der Waals surface area contributed by atoms with Crippen molar-refractivity contribution in [3.05, 3.63) is 102 Å². The van der Waals surface area contributed by atoms with Gasteiger partial charge in [-0.05, 0) is 94.4 Å². The van der Waals surface area contributed by atoms with E-state index in [0.717, 1.165) is 17.1 Å². The first-order chi connectivity index (χ1) is 22.3. The molecule has 2 aromatic carbocycles. The number of nitrogens with one attached hydrogen (secondary N) is 4. The normalized spacial score (nSPS) is 21.6. The standard InChI is InChI=1S/C28H22N16O/c45-15-20-16(21-7-11-29-37-41-33-21)5-6-19(22-8-12-30-38-42-34-22)27-25(23-9-13-31-39-43-35-23)17-3-1-2-4-18(17)26(28(20)27)24-10-14-32-40-44-36-24/h1-4,6-16,20H,5H2,(H,29,41)(H,30,42)(H,31,43)(H,32,44). The van der Waals surface area contributed by atoms with Crippen LogP contribution >= 0.6 is 0 Å². The van der Waals surface area contributed by atoms with Gasteiger partial charge >= 0.3 is 0 Å². The van der Waals surface area contributed by atoms with Crippen molar-refractivity contribution in [2.24, 2.45) is 68.1 Å². The minimum absolute atomic E-state index is 0.381. The molecule has 0 saturated carbocycles. The summed E-state index contributed by atoms with van der Waals surface area (Å²) < 4.78 is 0. The monoisotopic (exact) mass is 598 g/mol. The molecule has 45 heavy (non-hydrogen) atoms. The van der Waals surface area contributed by atoms with Gasteiger partial charge in [-0.1, -0.05) is 30.3 Å². The maximum atomic E-state index is 13.5. The molecule has 7 rings (SSSR count). The Morgan fingerprint density at radius 2 is 1.16 bits per heavy atom. The van der Waals surface area contributed by atoms with Gasteiger partial charge in [0, 0.05) is 53.3 Å². The molecule has 4 aliphatic heterocycles. The Balaban J connectivity index is 1.67. The highest BCUT2D eigenvalue weighted by molar-refractivity contribution is 6.35. The fourth-order valence-corrected chi connectivity index (χ4v) is 5.74. The van der Waals surface area contributed by atoms with Crippen molar-refractivity contribution in [3.63, 3.8) is 0 Å². The Hall–Kier alpha value is -6.65. The molecule has 0 bridgehead atoms. The van der Waals surface area contributed by atoms with E-state index < -0.39 is 11.8 Å². The molecular formula is C28H22N16O. The van der Waals surface area contributed by atoms with E-state index >= 15 is 0 Å². The van der Waals surface area contributed by atoms with E-state index in [1.165, 1.54) is 0 Å². The zero-order chi connectivity index (χ0) is 30.4. The van der Waals surface area contributed by atoms with Crippen LogP contribution in [-0.2, 0) is 4.79 Å². The smallest absolute Gasteiger partial charge is 0.128 e. The van der Waals surface area contributed by atoms with Gasteiger partial charge in [0.1, 0.15) is 6.29 Å². The predicted molar refractivity (Wildman–Crippen MR) is 165 cm³/mol. The summed E-state index contributed by atoms with van der Waals surface area (Å²) >= 11 is 0. The lowest BCUT2D eigenvalue weighted by Gasteiger charge is -2.28. The number of aldehydes is 1. The fraction of sp³-hybridized carbons (Fsp3) is 0.107.